The summed E-state index contributed by atoms with van der Waals surface area (Å²) in [5.74, 6) is 3.88. The standard InChI is InChI=1S/C17H28N4/c1-3-6-18-9-16-10-20-17(11-19-16)21(2)12-15-8-13-4-5-14(15)7-13/h10-11,13-15,18H,3-9,12H2,1-2H3. The lowest BCUT2D eigenvalue weighted by atomic mass is 9.88. The molecule has 0 aromatic carbocycles. The summed E-state index contributed by atoms with van der Waals surface area (Å²) in [7, 11) is 2.16. The van der Waals surface area contributed by atoms with E-state index < -0.39 is 0 Å². The van der Waals surface area contributed by atoms with Crippen molar-refractivity contribution in [3.63, 3.8) is 0 Å². The molecular weight excluding hydrogens is 260 g/mol. The highest BCUT2D eigenvalue weighted by atomic mass is 15.2. The van der Waals surface area contributed by atoms with E-state index in [1.807, 2.05) is 12.4 Å². The maximum Gasteiger partial charge on any atom is 0.146 e. The van der Waals surface area contributed by atoms with Crippen LogP contribution in [0.4, 0.5) is 5.82 Å². The quantitative estimate of drug-likeness (QED) is 0.783. The predicted octanol–water partition coefficient (Wildman–Crippen LogP) is 2.85. The van der Waals surface area contributed by atoms with Gasteiger partial charge in [-0.15, -0.1) is 0 Å². The summed E-state index contributed by atoms with van der Waals surface area (Å²) in [6.45, 7) is 5.17. The van der Waals surface area contributed by atoms with Crippen LogP contribution in [-0.2, 0) is 6.54 Å². The van der Waals surface area contributed by atoms with Crippen LogP contribution in [0.2, 0.25) is 0 Å². The second-order valence-electron chi connectivity index (χ2n) is 6.86. The first kappa shape index (κ1) is 14.8. The Balaban J connectivity index is 1.51. The van der Waals surface area contributed by atoms with Crippen LogP contribution in [0, 0.1) is 17.8 Å². The van der Waals surface area contributed by atoms with Crippen LogP contribution >= 0.6 is 0 Å². The van der Waals surface area contributed by atoms with Crippen molar-refractivity contribution in [2.75, 3.05) is 25.0 Å². The highest BCUT2D eigenvalue weighted by molar-refractivity contribution is 5.34. The van der Waals surface area contributed by atoms with Crippen molar-refractivity contribution >= 4 is 5.82 Å². The molecule has 0 amide bonds. The van der Waals surface area contributed by atoms with Crippen LogP contribution in [0.5, 0.6) is 0 Å². The second-order valence-corrected chi connectivity index (χ2v) is 6.86. The number of fused-ring (bicyclic) bond motifs is 2. The summed E-state index contributed by atoms with van der Waals surface area (Å²) in [5.41, 5.74) is 1.03. The van der Waals surface area contributed by atoms with Gasteiger partial charge in [-0.25, -0.2) is 4.98 Å². The third kappa shape index (κ3) is 3.54. The van der Waals surface area contributed by atoms with Gasteiger partial charge in [0.25, 0.3) is 0 Å². The van der Waals surface area contributed by atoms with E-state index >= 15 is 0 Å². The first-order valence-electron chi connectivity index (χ1n) is 8.49. The molecule has 2 bridgehead atoms. The molecule has 3 rings (SSSR count). The maximum atomic E-state index is 4.58. The molecule has 0 saturated heterocycles. The van der Waals surface area contributed by atoms with Gasteiger partial charge in [-0.2, -0.15) is 0 Å². The fraction of sp³-hybridized carbons (Fsp3) is 0.765. The molecule has 2 saturated carbocycles. The van der Waals surface area contributed by atoms with E-state index in [0.29, 0.717) is 0 Å². The zero-order chi connectivity index (χ0) is 14.7. The minimum absolute atomic E-state index is 0.817. The Hall–Kier alpha value is -1.16. The molecule has 3 atom stereocenters. The molecule has 3 unspecified atom stereocenters. The largest absolute Gasteiger partial charge is 0.358 e. The number of anilines is 1. The number of nitrogens with one attached hydrogen (secondary N) is 1. The molecule has 1 N–H and O–H groups in total. The zero-order valence-corrected chi connectivity index (χ0v) is 13.4. The number of hydrogen-bond acceptors (Lipinski definition) is 4. The highest BCUT2D eigenvalue weighted by Crippen LogP contribution is 2.48. The number of hydrogen-bond donors (Lipinski definition) is 1. The Labute approximate surface area is 128 Å². The van der Waals surface area contributed by atoms with Crippen LogP contribution in [0.3, 0.4) is 0 Å². The lowest BCUT2D eigenvalue weighted by molar-refractivity contribution is 0.337. The summed E-state index contributed by atoms with van der Waals surface area (Å²) < 4.78 is 0. The summed E-state index contributed by atoms with van der Waals surface area (Å²) in [6.07, 6.45) is 10.8. The molecule has 1 aromatic heterocycles. The smallest absolute Gasteiger partial charge is 0.146 e. The van der Waals surface area contributed by atoms with E-state index in [9.17, 15) is 0 Å². The van der Waals surface area contributed by atoms with Crippen molar-refractivity contribution in [3.05, 3.63) is 18.1 Å². The minimum atomic E-state index is 0.817. The van der Waals surface area contributed by atoms with Crippen LogP contribution in [0.1, 0.15) is 44.7 Å². The number of nitrogens with zero attached hydrogens (tertiary/aromatic N) is 3. The van der Waals surface area contributed by atoms with Gasteiger partial charge in [0.1, 0.15) is 5.82 Å². The maximum absolute atomic E-state index is 4.58. The molecule has 0 radical (unpaired) electrons. The zero-order valence-electron chi connectivity index (χ0n) is 13.4. The van der Waals surface area contributed by atoms with E-state index in [4.69, 9.17) is 0 Å². The van der Waals surface area contributed by atoms with Crippen LogP contribution in [-0.4, -0.2) is 30.1 Å². The van der Waals surface area contributed by atoms with Gasteiger partial charge in [-0.05, 0) is 50.0 Å². The molecule has 21 heavy (non-hydrogen) atoms. The normalized spacial score (nSPS) is 27.2. The summed E-state index contributed by atoms with van der Waals surface area (Å²) in [6, 6.07) is 0. The molecule has 4 nitrogen and oxygen atoms in total. The van der Waals surface area contributed by atoms with Gasteiger partial charge in [0.15, 0.2) is 0 Å². The first-order valence-corrected chi connectivity index (χ1v) is 8.49. The lowest BCUT2D eigenvalue weighted by Crippen LogP contribution is -2.29. The molecule has 2 aliphatic rings. The molecule has 1 heterocycles. The van der Waals surface area contributed by atoms with E-state index in [2.05, 4.69) is 34.2 Å². The average Bonchev–Trinajstić information content (AvgIpc) is 3.11. The van der Waals surface area contributed by atoms with Crippen LogP contribution in [0.25, 0.3) is 0 Å². The number of aromatic nitrogens is 2. The highest BCUT2D eigenvalue weighted by Gasteiger charge is 2.39. The summed E-state index contributed by atoms with van der Waals surface area (Å²) in [5, 5.41) is 3.36. The van der Waals surface area contributed by atoms with E-state index in [0.717, 1.165) is 55.3 Å². The van der Waals surface area contributed by atoms with E-state index in [1.54, 1.807) is 0 Å². The third-order valence-electron chi connectivity index (χ3n) is 5.21. The van der Waals surface area contributed by atoms with Crippen molar-refractivity contribution in [3.8, 4) is 0 Å². The fourth-order valence-corrected chi connectivity index (χ4v) is 4.07. The molecular formula is C17H28N4. The Morgan fingerprint density at radius 1 is 1.24 bits per heavy atom. The van der Waals surface area contributed by atoms with Gasteiger partial charge < -0.3 is 10.2 Å². The van der Waals surface area contributed by atoms with Crippen LogP contribution < -0.4 is 10.2 Å². The summed E-state index contributed by atoms with van der Waals surface area (Å²) in [4.78, 5) is 11.4. The first-order chi connectivity index (χ1) is 10.3. The Morgan fingerprint density at radius 2 is 2.14 bits per heavy atom. The van der Waals surface area contributed by atoms with Gasteiger partial charge in [-0.3, -0.25) is 4.98 Å². The SMILES string of the molecule is CCCNCc1cnc(N(C)CC2CC3CCC2C3)cn1. The number of rotatable bonds is 7. The minimum Gasteiger partial charge on any atom is -0.358 e. The van der Waals surface area contributed by atoms with Crippen molar-refractivity contribution in [1.82, 2.24) is 15.3 Å². The van der Waals surface area contributed by atoms with Gasteiger partial charge in [0, 0.05) is 20.1 Å². The van der Waals surface area contributed by atoms with Gasteiger partial charge in [0.05, 0.1) is 18.1 Å². The average molecular weight is 288 g/mol. The van der Waals surface area contributed by atoms with Crippen molar-refractivity contribution in [2.24, 2.45) is 17.8 Å². The fourth-order valence-electron chi connectivity index (χ4n) is 4.07. The van der Waals surface area contributed by atoms with Crippen molar-refractivity contribution in [2.45, 2.75) is 45.6 Å². The topological polar surface area (TPSA) is 41.1 Å². The third-order valence-corrected chi connectivity index (χ3v) is 5.21. The monoisotopic (exact) mass is 288 g/mol. The Bertz CT molecular complexity index is 445. The second kappa shape index (κ2) is 6.73. The van der Waals surface area contributed by atoms with Gasteiger partial charge in [0.2, 0.25) is 0 Å². The molecule has 0 aliphatic heterocycles. The van der Waals surface area contributed by atoms with Gasteiger partial charge in [-0.1, -0.05) is 13.3 Å². The molecule has 1 aromatic rings. The molecule has 4 heteroatoms. The predicted molar refractivity (Wildman–Crippen MR) is 86.2 cm³/mol. The molecule has 2 aliphatic carbocycles. The summed E-state index contributed by atoms with van der Waals surface area (Å²) >= 11 is 0. The molecule has 2 fully saturated rings. The van der Waals surface area contributed by atoms with Crippen molar-refractivity contribution < 1.29 is 0 Å². The Kier molecular flexibility index (Phi) is 4.73. The molecule has 0 spiro atoms. The lowest BCUT2D eigenvalue weighted by Gasteiger charge is -2.27. The van der Waals surface area contributed by atoms with Gasteiger partial charge >= 0.3 is 0 Å². The van der Waals surface area contributed by atoms with Crippen molar-refractivity contribution in [1.29, 1.82) is 0 Å². The van der Waals surface area contributed by atoms with Crippen LogP contribution in [0.15, 0.2) is 12.4 Å². The van der Waals surface area contributed by atoms with E-state index in [-0.39, 0.29) is 0 Å². The van der Waals surface area contributed by atoms with E-state index in [1.165, 1.54) is 25.7 Å². The molecule has 116 valence electrons. The Morgan fingerprint density at radius 3 is 2.76 bits per heavy atom.